The number of benzene rings is 2. The molecule has 6 nitrogen and oxygen atoms in total. The van der Waals surface area contributed by atoms with Crippen molar-refractivity contribution in [2.24, 2.45) is 10.2 Å². The number of para-hydroxylation sites is 1. The molecule has 1 saturated heterocycles. The van der Waals surface area contributed by atoms with Gasteiger partial charge in [0, 0.05) is 4.47 Å². The van der Waals surface area contributed by atoms with Crippen molar-refractivity contribution in [1.29, 1.82) is 0 Å². The van der Waals surface area contributed by atoms with Gasteiger partial charge < -0.3 is 5.11 Å². The second-order valence-electron chi connectivity index (χ2n) is 5.79. The van der Waals surface area contributed by atoms with Gasteiger partial charge in [-0.05, 0) is 36.8 Å². The quantitative estimate of drug-likeness (QED) is 0.553. The van der Waals surface area contributed by atoms with E-state index in [0.29, 0.717) is 16.6 Å². The van der Waals surface area contributed by atoms with E-state index in [9.17, 15) is 9.59 Å². The number of carbonyl (C=O) groups is 2. The van der Waals surface area contributed by atoms with E-state index in [0.717, 1.165) is 21.8 Å². The van der Waals surface area contributed by atoms with E-state index < -0.39 is 11.2 Å². The summed E-state index contributed by atoms with van der Waals surface area (Å²) in [5.41, 5.74) is 2.24. The first kappa shape index (κ1) is 19.3. The van der Waals surface area contributed by atoms with Crippen LogP contribution in [0, 0.1) is 0 Å². The van der Waals surface area contributed by atoms with Gasteiger partial charge in [0.25, 0.3) is 0 Å². The van der Waals surface area contributed by atoms with Crippen LogP contribution in [0.4, 0.5) is 5.69 Å². The first-order chi connectivity index (χ1) is 13.0. The normalized spacial score (nSPS) is 19.0. The summed E-state index contributed by atoms with van der Waals surface area (Å²) < 4.78 is 0.967. The van der Waals surface area contributed by atoms with Gasteiger partial charge in [0.2, 0.25) is 5.91 Å². The first-order valence-electron chi connectivity index (χ1n) is 8.11. The summed E-state index contributed by atoms with van der Waals surface area (Å²) >= 11 is 4.51. The highest BCUT2D eigenvalue weighted by Crippen LogP contribution is 2.33. The Labute approximate surface area is 169 Å². The summed E-state index contributed by atoms with van der Waals surface area (Å²) in [7, 11) is 0. The van der Waals surface area contributed by atoms with Gasteiger partial charge in [-0.25, -0.2) is 0 Å². The molecule has 0 radical (unpaired) electrons. The second-order valence-corrected chi connectivity index (χ2v) is 7.87. The Morgan fingerprint density at radius 3 is 2.48 bits per heavy atom. The number of carbonyl (C=O) groups excluding carboxylic acids is 1. The minimum Gasteiger partial charge on any atom is -0.481 e. The predicted octanol–water partition coefficient (Wildman–Crippen LogP) is 4.15. The average molecular weight is 446 g/mol. The van der Waals surface area contributed by atoms with Crippen molar-refractivity contribution in [2.75, 3.05) is 4.90 Å². The van der Waals surface area contributed by atoms with E-state index in [1.807, 2.05) is 49.4 Å². The number of nitrogens with zero attached hydrogens (tertiary/aromatic N) is 3. The van der Waals surface area contributed by atoms with Gasteiger partial charge in [-0.1, -0.05) is 58.0 Å². The molecule has 0 saturated carbocycles. The zero-order valence-corrected chi connectivity index (χ0v) is 16.8. The summed E-state index contributed by atoms with van der Waals surface area (Å²) in [6.07, 6.45) is -0.263. The van der Waals surface area contributed by atoms with Crippen molar-refractivity contribution in [3.05, 3.63) is 64.6 Å². The summed E-state index contributed by atoms with van der Waals surface area (Å²) in [5, 5.41) is 17.2. The Balaban J connectivity index is 1.93. The zero-order chi connectivity index (χ0) is 19.4. The maximum absolute atomic E-state index is 12.7. The standard InChI is InChI=1S/C19H16BrN3O3S/c1-12(13-7-9-14(20)10-8-13)21-22-19-23(15-5-3-2-4-6-15)18(26)16(27-19)11-17(24)25/h2-10,16H,11H2,1H3,(H,24,25)/b21-12+,22-19-/t16-/m0/s1. The number of hydrogen-bond donors (Lipinski definition) is 1. The van der Waals surface area contributed by atoms with Crippen LogP contribution < -0.4 is 4.90 Å². The lowest BCUT2D eigenvalue weighted by molar-refractivity contribution is -0.138. The molecule has 138 valence electrons. The molecule has 0 bridgehead atoms. The SMILES string of the molecule is C/C(=N\N=C1/S[C@@H](CC(=O)O)C(=O)N1c1ccccc1)c1ccc(Br)cc1. The molecule has 1 atom stereocenters. The van der Waals surface area contributed by atoms with Gasteiger partial charge in [-0.2, -0.15) is 5.10 Å². The number of hydrogen-bond acceptors (Lipinski definition) is 5. The number of amides is 1. The average Bonchev–Trinajstić information content (AvgIpc) is 2.96. The lowest BCUT2D eigenvalue weighted by atomic mass is 10.1. The second kappa shape index (κ2) is 8.49. The Morgan fingerprint density at radius 2 is 1.85 bits per heavy atom. The highest BCUT2D eigenvalue weighted by atomic mass is 79.9. The molecule has 1 N–H and O–H groups in total. The maximum atomic E-state index is 12.7. The molecular weight excluding hydrogens is 430 g/mol. The smallest absolute Gasteiger partial charge is 0.305 e. The minimum atomic E-state index is -1.02. The van der Waals surface area contributed by atoms with Crippen LogP contribution in [0.15, 0.2) is 69.3 Å². The van der Waals surface area contributed by atoms with Gasteiger partial charge >= 0.3 is 5.97 Å². The van der Waals surface area contributed by atoms with Crippen LogP contribution in [0.5, 0.6) is 0 Å². The Morgan fingerprint density at radius 1 is 1.19 bits per heavy atom. The topological polar surface area (TPSA) is 82.3 Å². The predicted molar refractivity (Wildman–Crippen MR) is 111 cm³/mol. The van der Waals surface area contributed by atoms with E-state index >= 15 is 0 Å². The fraction of sp³-hybridized carbons (Fsp3) is 0.158. The van der Waals surface area contributed by atoms with Crippen LogP contribution in [0.2, 0.25) is 0 Å². The van der Waals surface area contributed by atoms with E-state index in [4.69, 9.17) is 5.11 Å². The highest BCUT2D eigenvalue weighted by Gasteiger charge is 2.40. The molecule has 3 rings (SSSR count). The number of carboxylic acid groups (broad SMARTS) is 1. The summed E-state index contributed by atoms with van der Waals surface area (Å²) in [4.78, 5) is 25.2. The molecule has 1 aliphatic heterocycles. The van der Waals surface area contributed by atoms with Crippen LogP contribution in [0.25, 0.3) is 0 Å². The molecule has 1 fully saturated rings. The van der Waals surface area contributed by atoms with Gasteiger partial charge in [-0.15, -0.1) is 5.10 Å². The van der Waals surface area contributed by atoms with Crippen LogP contribution in [0.1, 0.15) is 18.9 Å². The molecule has 2 aromatic rings. The monoisotopic (exact) mass is 445 g/mol. The Kier molecular flexibility index (Phi) is 6.08. The molecule has 0 aliphatic carbocycles. The number of carboxylic acids is 1. The Hall–Kier alpha value is -2.45. The number of rotatable bonds is 5. The van der Waals surface area contributed by atoms with Gasteiger partial charge in [-0.3, -0.25) is 14.5 Å². The highest BCUT2D eigenvalue weighted by molar-refractivity contribution is 9.10. The van der Waals surface area contributed by atoms with Crippen LogP contribution in [0.3, 0.4) is 0 Å². The van der Waals surface area contributed by atoms with E-state index in [1.165, 1.54) is 4.90 Å². The van der Waals surface area contributed by atoms with Crippen LogP contribution in [-0.2, 0) is 9.59 Å². The van der Waals surface area contributed by atoms with Crippen molar-refractivity contribution in [2.45, 2.75) is 18.6 Å². The number of halogens is 1. The first-order valence-corrected chi connectivity index (χ1v) is 9.78. The largest absolute Gasteiger partial charge is 0.481 e. The van der Waals surface area contributed by atoms with Crippen molar-refractivity contribution in [1.82, 2.24) is 0 Å². The fourth-order valence-corrected chi connectivity index (χ4v) is 3.85. The van der Waals surface area contributed by atoms with E-state index in [-0.39, 0.29) is 12.3 Å². The van der Waals surface area contributed by atoms with Gasteiger partial charge in [0.05, 0.1) is 17.8 Å². The van der Waals surface area contributed by atoms with Crippen molar-refractivity contribution in [3.8, 4) is 0 Å². The van der Waals surface area contributed by atoms with Crippen molar-refractivity contribution >= 4 is 56.1 Å². The molecule has 1 heterocycles. The van der Waals surface area contributed by atoms with E-state index in [1.54, 1.807) is 12.1 Å². The molecule has 1 aliphatic rings. The molecule has 8 heteroatoms. The fourth-order valence-electron chi connectivity index (χ4n) is 2.51. The third kappa shape index (κ3) is 4.64. The maximum Gasteiger partial charge on any atom is 0.305 e. The molecular formula is C19H16BrN3O3S. The molecule has 0 spiro atoms. The zero-order valence-electron chi connectivity index (χ0n) is 14.4. The van der Waals surface area contributed by atoms with Crippen molar-refractivity contribution < 1.29 is 14.7 Å². The minimum absolute atomic E-state index is 0.263. The molecule has 0 aromatic heterocycles. The number of anilines is 1. The van der Waals surface area contributed by atoms with Gasteiger partial charge in [0.1, 0.15) is 5.25 Å². The number of thioether (sulfide) groups is 1. The molecule has 1 amide bonds. The number of aliphatic carboxylic acids is 1. The molecule has 27 heavy (non-hydrogen) atoms. The van der Waals surface area contributed by atoms with Crippen LogP contribution >= 0.6 is 27.7 Å². The summed E-state index contributed by atoms with van der Waals surface area (Å²) in [6, 6.07) is 16.7. The summed E-state index contributed by atoms with van der Waals surface area (Å²) in [5.74, 6) is -1.33. The molecule has 2 aromatic carbocycles. The van der Waals surface area contributed by atoms with E-state index in [2.05, 4.69) is 26.1 Å². The third-order valence-electron chi connectivity index (χ3n) is 3.86. The summed E-state index contributed by atoms with van der Waals surface area (Å²) in [6.45, 7) is 1.83. The number of amidine groups is 1. The van der Waals surface area contributed by atoms with Gasteiger partial charge in [0.15, 0.2) is 5.17 Å². The lowest BCUT2D eigenvalue weighted by Gasteiger charge is -2.15. The Bertz CT molecular complexity index is 914. The van der Waals surface area contributed by atoms with Crippen molar-refractivity contribution in [3.63, 3.8) is 0 Å². The van der Waals surface area contributed by atoms with Crippen LogP contribution in [-0.4, -0.2) is 33.1 Å². The lowest BCUT2D eigenvalue weighted by Crippen LogP contribution is -2.32. The third-order valence-corrected chi connectivity index (χ3v) is 5.51. The molecule has 0 unspecified atom stereocenters.